The Morgan fingerprint density at radius 3 is 2.32 bits per heavy atom. The average molecular weight is 256 g/mol. The van der Waals surface area contributed by atoms with Crippen molar-refractivity contribution in [1.29, 1.82) is 0 Å². The Morgan fingerprint density at radius 1 is 1.00 bits per heavy atom. The third kappa shape index (κ3) is 2.03. The first kappa shape index (κ1) is 12.6. The van der Waals surface area contributed by atoms with E-state index < -0.39 is 7.12 Å². The highest BCUT2D eigenvalue weighted by molar-refractivity contribution is 6.60. The number of aromatic nitrogens is 2. The van der Waals surface area contributed by atoms with E-state index in [9.17, 15) is 0 Å². The van der Waals surface area contributed by atoms with E-state index in [2.05, 4.69) is 9.97 Å². The molecule has 0 N–H and O–H groups in total. The Kier molecular flexibility index (Phi) is 2.66. The second-order valence-electron chi connectivity index (χ2n) is 5.88. The molecule has 1 aromatic carbocycles. The normalized spacial score (nSPS) is 20.9. The smallest absolute Gasteiger partial charge is 0.397 e. The van der Waals surface area contributed by atoms with Gasteiger partial charge in [-0.3, -0.25) is 0 Å². The molecule has 98 valence electrons. The Bertz CT molecular complexity index is 612. The van der Waals surface area contributed by atoms with Crippen LogP contribution in [0, 0.1) is 0 Å². The number of fused-ring (bicyclic) bond motifs is 1. The topological polar surface area (TPSA) is 44.2 Å². The van der Waals surface area contributed by atoms with Crippen LogP contribution >= 0.6 is 0 Å². The summed E-state index contributed by atoms with van der Waals surface area (Å²) in [4.78, 5) is 8.89. The zero-order valence-corrected chi connectivity index (χ0v) is 11.7. The molecule has 2 aromatic rings. The van der Waals surface area contributed by atoms with Crippen molar-refractivity contribution in [2.24, 2.45) is 0 Å². The SMILES string of the molecule is CC1(C)OB(c2ncc3ccccc3n2)OC1(C)C. The van der Waals surface area contributed by atoms with Gasteiger partial charge in [0.2, 0.25) is 0 Å². The van der Waals surface area contributed by atoms with Gasteiger partial charge in [-0.15, -0.1) is 0 Å². The molecule has 0 unspecified atom stereocenters. The fourth-order valence-electron chi connectivity index (χ4n) is 2.05. The monoisotopic (exact) mass is 256 g/mol. The maximum absolute atomic E-state index is 5.95. The summed E-state index contributed by atoms with van der Waals surface area (Å²) in [5.74, 6) is 0. The fourth-order valence-corrected chi connectivity index (χ4v) is 2.05. The van der Waals surface area contributed by atoms with Crippen LogP contribution in [0.1, 0.15) is 27.7 Å². The van der Waals surface area contributed by atoms with Crippen LogP contribution in [0.4, 0.5) is 0 Å². The molecular weight excluding hydrogens is 239 g/mol. The van der Waals surface area contributed by atoms with Crippen LogP contribution < -0.4 is 5.72 Å². The van der Waals surface area contributed by atoms with Crippen molar-refractivity contribution >= 4 is 23.7 Å². The summed E-state index contributed by atoms with van der Waals surface area (Å²) < 4.78 is 11.9. The molecular formula is C14H17BN2O2. The molecule has 1 saturated heterocycles. The van der Waals surface area contributed by atoms with Gasteiger partial charge in [0.25, 0.3) is 0 Å². The summed E-state index contributed by atoms with van der Waals surface area (Å²) in [5, 5.41) is 1.02. The van der Waals surface area contributed by atoms with Gasteiger partial charge >= 0.3 is 7.12 Å². The molecule has 0 bridgehead atoms. The minimum Gasteiger partial charge on any atom is -0.397 e. The van der Waals surface area contributed by atoms with E-state index >= 15 is 0 Å². The van der Waals surface area contributed by atoms with Crippen LogP contribution in [0.25, 0.3) is 10.9 Å². The number of hydrogen-bond acceptors (Lipinski definition) is 4. The number of hydrogen-bond donors (Lipinski definition) is 0. The average Bonchev–Trinajstić information content (AvgIpc) is 2.58. The molecule has 0 radical (unpaired) electrons. The Balaban J connectivity index is 1.98. The van der Waals surface area contributed by atoms with Crippen molar-refractivity contribution in [2.45, 2.75) is 38.9 Å². The third-order valence-electron chi connectivity index (χ3n) is 3.97. The van der Waals surface area contributed by atoms with E-state index in [1.54, 1.807) is 0 Å². The molecule has 0 spiro atoms. The number of rotatable bonds is 1. The summed E-state index contributed by atoms with van der Waals surface area (Å²) in [6, 6.07) is 7.89. The Hall–Kier alpha value is -1.46. The fraction of sp³-hybridized carbons (Fsp3) is 0.429. The van der Waals surface area contributed by atoms with Crippen LogP contribution in [-0.2, 0) is 9.31 Å². The molecule has 1 aliphatic heterocycles. The van der Waals surface area contributed by atoms with Crippen LogP contribution in [0.5, 0.6) is 0 Å². The van der Waals surface area contributed by atoms with E-state index in [0.29, 0.717) is 5.72 Å². The molecule has 0 saturated carbocycles. The zero-order valence-electron chi connectivity index (χ0n) is 11.7. The van der Waals surface area contributed by atoms with Gasteiger partial charge in [0.1, 0.15) is 0 Å². The van der Waals surface area contributed by atoms with Crippen LogP contribution in [-0.4, -0.2) is 28.3 Å². The largest absolute Gasteiger partial charge is 0.534 e. The van der Waals surface area contributed by atoms with Crippen molar-refractivity contribution in [3.63, 3.8) is 0 Å². The lowest BCUT2D eigenvalue weighted by molar-refractivity contribution is 0.00578. The summed E-state index contributed by atoms with van der Waals surface area (Å²) in [5.41, 5.74) is 0.749. The van der Waals surface area contributed by atoms with Crippen molar-refractivity contribution < 1.29 is 9.31 Å². The van der Waals surface area contributed by atoms with Gasteiger partial charge in [-0.25, -0.2) is 9.97 Å². The van der Waals surface area contributed by atoms with Crippen molar-refractivity contribution in [1.82, 2.24) is 9.97 Å². The van der Waals surface area contributed by atoms with E-state index in [-0.39, 0.29) is 11.2 Å². The Morgan fingerprint density at radius 2 is 1.63 bits per heavy atom. The van der Waals surface area contributed by atoms with E-state index in [4.69, 9.17) is 9.31 Å². The molecule has 4 nitrogen and oxygen atoms in total. The van der Waals surface area contributed by atoms with Crippen LogP contribution in [0.2, 0.25) is 0 Å². The van der Waals surface area contributed by atoms with Crippen LogP contribution in [0.3, 0.4) is 0 Å². The quantitative estimate of drug-likeness (QED) is 0.731. The number of para-hydroxylation sites is 1. The molecule has 1 aromatic heterocycles. The minimum atomic E-state index is -0.505. The van der Waals surface area contributed by atoms with Gasteiger partial charge < -0.3 is 9.31 Å². The first-order valence-corrected chi connectivity index (χ1v) is 6.46. The molecule has 5 heteroatoms. The van der Waals surface area contributed by atoms with Crippen molar-refractivity contribution in [2.75, 3.05) is 0 Å². The molecule has 0 atom stereocenters. The predicted octanol–water partition coefficient (Wildman–Crippen LogP) is 1.93. The highest BCUT2D eigenvalue weighted by Crippen LogP contribution is 2.36. The van der Waals surface area contributed by atoms with Gasteiger partial charge in [-0.1, -0.05) is 18.2 Å². The van der Waals surface area contributed by atoms with Gasteiger partial charge in [-0.2, -0.15) is 0 Å². The summed E-state index contributed by atoms with van der Waals surface area (Å²) in [6.07, 6.45) is 1.81. The maximum Gasteiger partial charge on any atom is 0.534 e. The maximum atomic E-state index is 5.95. The van der Waals surface area contributed by atoms with Crippen molar-refractivity contribution in [3.05, 3.63) is 30.5 Å². The minimum absolute atomic E-state index is 0.368. The Labute approximate surface area is 113 Å². The van der Waals surface area contributed by atoms with E-state index in [0.717, 1.165) is 10.9 Å². The molecule has 0 aliphatic carbocycles. The second kappa shape index (κ2) is 4.02. The summed E-state index contributed by atoms with van der Waals surface area (Å²) in [7, 11) is -0.505. The molecule has 1 fully saturated rings. The molecule has 0 amide bonds. The van der Waals surface area contributed by atoms with E-state index in [1.165, 1.54) is 0 Å². The molecule has 1 aliphatic rings. The first-order valence-electron chi connectivity index (χ1n) is 6.46. The van der Waals surface area contributed by atoms with Crippen molar-refractivity contribution in [3.8, 4) is 0 Å². The van der Waals surface area contributed by atoms with E-state index in [1.807, 2.05) is 58.2 Å². The summed E-state index contributed by atoms with van der Waals surface area (Å²) in [6.45, 7) is 8.09. The number of benzene rings is 1. The van der Waals surface area contributed by atoms with Gasteiger partial charge in [0.05, 0.1) is 16.7 Å². The molecule has 3 rings (SSSR count). The van der Waals surface area contributed by atoms with Crippen LogP contribution in [0.15, 0.2) is 30.5 Å². The van der Waals surface area contributed by atoms with Gasteiger partial charge in [-0.05, 0) is 33.8 Å². The zero-order chi connectivity index (χ0) is 13.7. The standard InChI is InChI=1S/C14H17BN2O2/c1-13(2)14(3,4)19-15(18-13)12-16-9-10-7-5-6-8-11(10)17-12/h5-9H,1-4H3. The highest BCUT2D eigenvalue weighted by Gasteiger charge is 2.53. The molecule has 2 heterocycles. The second-order valence-corrected chi connectivity index (χ2v) is 5.88. The summed E-state index contributed by atoms with van der Waals surface area (Å²) >= 11 is 0. The lowest BCUT2D eigenvalue weighted by Gasteiger charge is -2.32. The lowest BCUT2D eigenvalue weighted by Crippen LogP contribution is -2.41. The highest BCUT2D eigenvalue weighted by atomic mass is 16.7. The third-order valence-corrected chi connectivity index (χ3v) is 3.97. The first-order chi connectivity index (χ1) is 8.89. The lowest BCUT2D eigenvalue weighted by atomic mass is 9.89. The van der Waals surface area contributed by atoms with Gasteiger partial charge in [0, 0.05) is 11.6 Å². The molecule has 19 heavy (non-hydrogen) atoms. The predicted molar refractivity (Wildman–Crippen MR) is 75.3 cm³/mol. The van der Waals surface area contributed by atoms with Gasteiger partial charge in [0.15, 0.2) is 5.72 Å². The number of nitrogens with zero attached hydrogens (tertiary/aromatic N) is 2.